The molecule has 15 heavy (non-hydrogen) atoms. The summed E-state index contributed by atoms with van der Waals surface area (Å²) in [4.78, 5) is 13.7. The van der Waals surface area contributed by atoms with Crippen molar-refractivity contribution in [2.45, 2.75) is 18.9 Å². The minimum absolute atomic E-state index is 0.0932. The van der Waals surface area contributed by atoms with Crippen LogP contribution in [0.3, 0.4) is 0 Å². The predicted octanol–water partition coefficient (Wildman–Crippen LogP) is -0.976. The van der Waals surface area contributed by atoms with E-state index in [-0.39, 0.29) is 11.7 Å². The van der Waals surface area contributed by atoms with Gasteiger partial charge < -0.3 is 10.2 Å². The number of carbonyl (C=O) groups is 1. The van der Waals surface area contributed by atoms with E-state index < -0.39 is 0 Å². The number of aromatic nitrogens is 4. The molecule has 0 aromatic carbocycles. The lowest BCUT2D eigenvalue weighted by molar-refractivity contribution is 0.0933. The second-order valence-corrected chi connectivity index (χ2v) is 3.72. The second kappa shape index (κ2) is 4.35. The van der Waals surface area contributed by atoms with Gasteiger partial charge >= 0.3 is 0 Å². The van der Waals surface area contributed by atoms with Gasteiger partial charge in [0.1, 0.15) is 0 Å². The number of amides is 1. The number of hydrogen-bond donors (Lipinski definition) is 2. The summed E-state index contributed by atoms with van der Waals surface area (Å²) in [7, 11) is 2.07. The van der Waals surface area contributed by atoms with E-state index in [1.165, 1.54) is 6.42 Å². The molecular formula is C8H14N6O. The fourth-order valence-electron chi connectivity index (χ4n) is 1.78. The quantitative estimate of drug-likeness (QED) is 0.670. The number of rotatable bonds is 3. The summed E-state index contributed by atoms with van der Waals surface area (Å²) in [6, 6.07) is 0.431. The molecule has 7 nitrogen and oxygen atoms in total. The molecule has 0 aliphatic carbocycles. The summed E-state index contributed by atoms with van der Waals surface area (Å²) >= 11 is 0. The van der Waals surface area contributed by atoms with Crippen LogP contribution in [0.2, 0.25) is 0 Å². The Hall–Kier alpha value is -1.50. The largest absolute Gasteiger partial charge is 0.348 e. The van der Waals surface area contributed by atoms with Gasteiger partial charge in [0.2, 0.25) is 0 Å². The monoisotopic (exact) mass is 210 g/mol. The molecule has 1 aliphatic heterocycles. The SMILES string of the molecule is CN1CCCC1CNC(=O)c1nn[nH]n1. The molecule has 1 aromatic rings. The highest BCUT2D eigenvalue weighted by Crippen LogP contribution is 2.13. The third-order valence-electron chi connectivity index (χ3n) is 2.72. The van der Waals surface area contributed by atoms with Gasteiger partial charge in [0.25, 0.3) is 11.7 Å². The van der Waals surface area contributed by atoms with E-state index in [9.17, 15) is 4.79 Å². The Kier molecular flexibility index (Phi) is 2.91. The van der Waals surface area contributed by atoms with Crippen molar-refractivity contribution in [3.63, 3.8) is 0 Å². The van der Waals surface area contributed by atoms with E-state index in [1.54, 1.807) is 0 Å². The molecule has 2 heterocycles. The fourth-order valence-corrected chi connectivity index (χ4v) is 1.78. The van der Waals surface area contributed by atoms with E-state index in [1.807, 2.05) is 0 Å². The number of nitrogens with zero attached hydrogens (tertiary/aromatic N) is 4. The lowest BCUT2D eigenvalue weighted by Gasteiger charge is -2.18. The number of H-pyrrole nitrogens is 1. The summed E-state index contributed by atoms with van der Waals surface area (Å²) in [6.07, 6.45) is 2.32. The normalized spacial score (nSPS) is 21.8. The average molecular weight is 210 g/mol. The first-order valence-corrected chi connectivity index (χ1v) is 4.99. The molecule has 1 aliphatic rings. The van der Waals surface area contributed by atoms with Crippen LogP contribution in [0, 0.1) is 0 Å². The molecule has 1 unspecified atom stereocenters. The lowest BCUT2D eigenvalue weighted by Crippen LogP contribution is -2.38. The van der Waals surface area contributed by atoms with Gasteiger partial charge in [0.15, 0.2) is 0 Å². The summed E-state index contributed by atoms with van der Waals surface area (Å²) in [6.45, 7) is 1.74. The highest BCUT2D eigenvalue weighted by molar-refractivity contribution is 5.90. The first kappa shape index (κ1) is 10.0. The first-order valence-electron chi connectivity index (χ1n) is 4.99. The van der Waals surface area contributed by atoms with Gasteiger partial charge in [-0.25, -0.2) is 0 Å². The Morgan fingerprint density at radius 3 is 3.20 bits per heavy atom. The Bertz CT molecular complexity index is 324. The fraction of sp³-hybridized carbons (Fsp3) is 0.750. The Balaban J connectivity index is 1.81. The molecule has 0 radical (unpaired) electrons. The van der Waals surface area contributed by atoms with Crippen molar-refractivity contribution in [1.29, 1.82) is 0 Å². The topological polar surface area (TPSA) is 86.8 Å². The maximum Gasteiger partial charge on any atom is 0.292 e. The highest BCUT2D eigenvalue weighted by Gasteiger charge is 2.21. The zero-order valence-electron chi connectivity index (χ0n) is 8.60. The summed E-state index contributed by atoms with van der Waals surface area (Å²) in [5, 5.41) is 15.6. The minimum Gasteiger partial charge on any atom is -0.348 e. The maximum atomic E-state index is 11.5. The van der Waals surface area contributed by atoms with Crippen molar-refractivity contribution in [1.82, 2.24) is 30.8 Å². The van der Waals surface area contributed by atoms with E-state index in [2.05, 4.69) is 37.9 Å². The van der Waals surface area contributed by atoms with E-state index >= 15 is 0 Å². The van der Waals surface area contributed by atoms with Gasteiger partial charge in [-0.05, 0) is 31.6 Å². The number of aromatic amines is 1. The molecule has 1 aromatic heterocycles. The van der Waals surface area contributed by atoms with Crippen LogP contribution in [0.1, 0.15) is 23.5 Å². The standard InChI is InChI=1S/C8H14N6O/c1-14-4-2-3-6(14)5-9-8(15)7-10-12-13-11-7/h6H,2-5H2,1H3,(H,9,15)(H,10,11,12,13). The van der Waals surface area contributed by atoms with Crippen LogP contribution in [0.4, 0.5) is 0 Å². The van der Waals surface area contributed by atoms with Crippen molar-refractivity contribution in [2.75, 3.05) is 20.1 Å². The van der Waals surface area contributed by atoms with Crippen LogP contribution in [0.25, 0.3) is 0 Å². The molecule has 2 rings (SSSR count). The number of tetrazole rings is 1. The molecule has 1 fully saturated rings. The first-order chi connectivity index (χ1) is 7.27. The highest BCUT2D eigenvalue weighted by atomic mass is 16.2. The average Bonchev–Trinajstić information content (AvgIpc) is 2.85. The summed E-state index contributed by atoms with van der Waals surface area (Å²) < 4.78 is 0. The van der Waals surface area contributed by atoms with Gasteiger partial charge in [0.05, 0.1) is 0 Å². The Morgan fingerprint density at radius 2 is 2.60 bits per heavy atom. The third kappa shape index (κ3) is 2.30. The Labute approximate surface area is 87.2 Å². The zero-order chi connectivity index (χ0) is 10.7. The second-order valence-electron chi connectivity index (χ2n) is 3.72. The van der Waals surface area contributed by atoms with Crippen molar-refractivity contribution >= 4 is 5.91 Å². The zero-order valence-corrected chi connectivity index (χ0v) is 8.60. The van der Waals surface area contributed by atoms with E-state index in [4.69, 9.17) is 0 Å². The number of likely N-dealkylation sites (tertiary alicyclic amines) is 1. The molecule has 0 saturated carbocycles. The molecule has 0 spiro atoms. The van der Waals surface area contributed by atoms with Crippen molar-refractivity contribution in [3.05, 3.63) is 5.82 Å². The van der Waals surface area contributed by atoms with Gasteiger partial charge in [-0.1, -0.05) is 0 Å². The minimum atomic E-state index is -0.274. The van der Waals surface area contributed by atoms with Crippen LogP contribution < -0.4 is 5.32 Å². The molecular weight excluding hydrogens is 196 g/mol. The maximum absolute atomic E-state index is 11.5. The van der Waals surface area contributed by atoms with Crippen LogP contribution in [0.15, 0.2) is 0 Å². The van der Waals surface area contributed by atoms with E-state index in [0.29, 0.717) is 12.6 Å². The number of likely N-dealkylation sites (N-methyl/N-ethyl adjacent to an activating group) is 1. The Morgan fingerprint density at radius 1 is 1.73 bits per heavy atom. The van der Waals surface area contributed by atoms with Gasteiger partial charge in [-0.2, -0.15) is 5.21 Å². The van der Waals surface area contributed by atoms with Crippen molar-refractivity contribution < 1.29 is 4.79 Å². The molecule has 82 valence electrons. The van der Waals surface area contributed by atoms with Gasteiger partial charge in [0, 0.05) is 12.6 Å². The van der Waals surface area contributed by atoms with Crippen LogP contribution in [0.5, 0.6) is 0 Å². The molecule has 7 heteroatoms. The number of nitrogens with one attached hydrogen (secondary N) is 2. The third-order valence-corrected chi connectivity index (χ3v) is 2.72. The summed E-state index contributed by atoms with van der Waals surface area (Å²) in [5.74, 6) is -0.181. The predicted molar refractivity (Wildman–Crippen MR) is 52.2 cm³/mol. The van der Waals surface area contributed by atoms with Crippen LogP contribution in [-0.4, -0.2) is 57.6 Å². The van der Waals surface area contributed by atoms with Gasteiger partial charge in [-0.3, -0.25) is 4.79 Å². The van der Waals surface area contributed by atoms with Crippen molar-refractivity contribution in [3.8, 4) is 0 Å². The van der Waals surface area contributed by atoms with Crippen molar-refractivity contribution in [2.24, 2.45) is 0 Å². The lowest BCUT2D eigenvalue weighted by atomic mass is 10.2. The molecule has 0 bridgehead atoms. The summed E-state index contributed by atoms with van der Waals surface area (Å²) in [5.41, 5.74) is 0. The molecule has 1 amide bonds. The van der Waals surface area contributed by atoms with Crippen LogP contribution >= 0.6 is 0 Å². The smallest absolute Gasteiger partial charge is 0.292 e. The van der Waals surface area contributed by atoms with E-state index in [0.717, 1.165) is 13.0 Å². The molecule has 1 saturated heterocycles. The number of carbonyl (C=O) groups excluding carboxylic acids is 1. The number of hydrogen-bond acceptors (Lipinski definition) is 5. The van der Waals surface area contributed by atoms with Gasteiger partial charge in [-0.15, -0.1) is 10.2 Å². The molecule has 1 atom stereocenters. The molecule has 2 N–H and O–H groups in total. The van der Waals surface area contributed by atoms with Crippen LogP contribution in [-0.2, 0) is 0 Å².